The molecule has 0 atom stereocenters. The Morgan fingerprint density at radius 3 is 2.26 bits per heavy atom. The molecule has 5 nitrogen and oxygen atoms in total. The van der Waals surface area contributed by atoms with Crippen molar-refractivity contribution in [3.05, 3.63) is 17.8 Å². The molecule has 1 fully saturated rings. The molecule has 0 saturated carbocycles. The van der Waals surface area contributed by atoms with Crippen LogP contribution in [0.4, 0.5) is 0 Å². The minimum absolute atomic E-state index is 0.231. The van der Waals surface area contributed by atoms with Crippen molar-refractivity contribution in [1.82, 2.24) is 4.98 Å². The SMILES string of the molecule is COc1ccc(B2OC(C)(C)C(C)(C)O2)nc1C#N. The van der Waals surface area contributed by atoms with E-state index in [0.29, 0.717) is 11.3 Å². The fraction of sp³-hybridized carbons (Fsp3) is 0.538. The summed E-state index contributed by atoms with van der Waals surface area (Å²) in [5.74, 6) is 0.447. The highest BCUT2D eigenvalue weighted by molar-refractivity contribution is 6.61. The fourth-order valence-electron chi connectivity index (χ4n) is 1.80. The van der Waals surface area contributed by atoms with Crippen LogP contribution in [0, 0.1) is 11.3 Å². The van der Waals surface area contributed by atoms with Gasteiger partial charge in [-0.2, -0.15) is 5.26 Å². The van der Waals surface area contributed by atoms with Gasteiger partial charge >= 0.3 is 7.12 Å². The summed E-state index contributed by atoms with van der Waals surface area (Å²) in [7, 11) is 0.940. The maximum atomic E-state index is 9.05. The average molecular weight is 260 g/mol. The van der Waals surface area contributed by atoms with E-state index in [0.717, 1.165) is 0 Å². The van der Waals surface area contributed by atoms with Gasteiger partial charge in [-0.1, -0.05) is 0 Å². The van der Waals surface area contributed by atoms with Gasteiger partial charge in [0, 0.05) is 0 Å². The van der Waals surface area contributed by atoms with E-state index in [1.807, 2.05) is 33.8 Å². The number of nitriles is 1. The standard InChI is InChI=1S/C13H17BN2O3/c1-12(2)13(3,4)19-14(18-12)11-7-6-10(17-5)9(8-15)16-11/h6-7H,1-5H3. The molecule has 1 aromatic rings. The van der Waals surface area contributed by atoms with E-state index in [-0.39, 0.29) is 5.69 Å². The monoisotopic (exact) mass is 260 g/mol. The quantitative estimate of drug-likeness (QED) is 0.749. The average Bonchev–Trinajstić information content (AvgIpc) is 2.57. The van der Waals surface area contributed by atoms with Crippen LogP contribution in [-0.2, 0) is 9.31 Å². The molecule has 1 aromatic heterocycles. The highest BCUT2D eigenvalue weighted by atomic mass is 16.7. The minimum Gasteiger partial charge on any atom is -0.494 e. The van der Waals surface area contributed by atoms with Gasteiger partial charge in [0.2, 0.25) is 0 Å². The molecule has 1 saturated heterocycles. The molecule has 0 spiro atoms. The first-order valence-electron chi connectivity index (χ1n) is 6.11. The van der Waals surface area contributed by atoms with Crippen molar-refractivity contribution >= 4 is 12.7 Å². The van der Waals surface area contributed by atoms with E-state index in [1.165, 1.54) is 7.11 Å². The Labute approximate surface area is 113 Å². The summed E-state index contributed by atoms with van der Waals surface area (Å²) in [5, 5.41) is 9.05. The highest BCUT2D eigenvalue weighted by Gasteiger charge is 2.52. The fourth-order valence-corrected chi connectivity index (χ4v) is 1.80. The molecule has 0 N–H and O–H groups in total. The largest absolute Gasteiger partial charge is 0.514 e. The first-order chi connectivity index (χ1) is 8.80. The summed E-state index contributed by atoms with van der Waals surface area (Å²) >= 11 is 0. The molecule has 19 heavy (non-hydrogen) atoms. The van der Waals surface area contributed by atoms with Crippen LogP contribution in [0.2, 0.25) is 0 Å². The van der Waals surface area contributed by atoms with Crippen LogP contribution in [0.15, 0.2) is 12.1 Å². The normalized spacial score (nSPS) is 20.1. The van der Waals surface area contributed by atoms with Crippen LogP contribution in [0.25, 0.3) is 0 Å². The lowest BCUT2D eigenvalue weighted by atomic mass is 9.84. The highest BCUT2D eigenvalue weighted by Crippen LogP contribution is 2.36. The van der Waals surface area contributed by atoms with E-state index in [1.54, 1.807) is 12.1 Å². The third-order valence-electron chi connectivity index (χ3n) is 3.70. The van der Waals surface area contributed by atoms with Crippen molar-refractivity contribution in [1.29, 1.82) is 5.26 Å². The van der Waals surface area contributed by atoms with Gasteiger partial charge in [0.05, 0.1) is 23.9 Å². The lowest BCUT2D eigenvalue weighted by molar-refractivity contribution is 0.00578. The molecule has 0 aliphatic carbocycles. The zero-order valence-electron chi connectivity index (χ0n) is 11.9. The molecule has 0 amide bonds. The van der Waals surface area contributed by atoms with Crippen molar-refractivity contribution in [2.75, 3.05) is 7.11 Å². The molecule has 2 rings (SSSR count). The van der Waals surface area contributed by atoms with Gasteiger partial charge in [-0.3, -0.25) is 0 Å². The number of pyridine rings is 1. The maximum absolute atomic E-state index is 9.05. The van der Waals surface area contributed by atoms with Crippen molar-refractivity contribution < 1.29 is 14.0 Å². The van der Waals surface area contributed by atoms with Gasteiger partial charge in [-0.15, -0.1) is 0 Å². The summed E-state index contributed by atoms with van der Waals surface area (Å²) in [4.78, 5) is 4.24. The van der Waals surface area contributed by atoms with Crippen LogP contribution >= 0.6 is 0 Å². The Bertz CT molecular complexity index is 521. The zero-order chi connectivity index (χ0) is 14.3. The lowest BCUT2D eigenvalue weighted by Gasteiger charge is -2.32. The van der Waals surface area contributed by atoms with Crippen LogP contribution in [-0.4, -0.2) is 30.4 Å². The molecule has 2 heterocycles. The number of hydrogen-bond donors (Lipinski definition) is 0. The van der Waals surface area contributed by atoms with Gasteiger partial charge in [0.1, 0.15) is 6.07 Å². The minimum atomic E-state index is -0.567. The Hall–Kier alpha value is -1.58. The van der Waals surface area contributed by atoms with Gasteiger partial charge in [-0.25, -0.2) is 4.98 Å². The molecule has 0 unspecified atom stereocenters. The molecule has 100 valence electrons. The molecule has 1 aliphatic heterocycles. The van der Waals surface area contributed by atoms with E-state index in [2.05, 4.69) is 4.98 Å². The molecule has 0 radical (unpaired) electrons. The number of rotatable bonds is 2. The van der Waals surface area contributed by atoms with Crippen molar-refractivity contribution in [3.63, 3.8) is 0 Å². The summed E-state index contributed by atoms with van der Waals surface area (Å²) in [6.07, 6.45) is 0. The molecule has 1 aliphatic rings. The van der Waals surface area contributed by atoms with Gasteiger partial charge < -0.3 is 14.0 Å². The summed E-state index contributed by atoms with van der Waals surface area (Å²) in [6, 6.07) is 5.46. The first kappa shape index (κ1) is 13.8. The predicted molar refractivity (Wildman–Crippen MR) is 71.2 cm³/mol. The van der Waals surface area contributed by atoms with Crippen LogP contribution in [0.5, 0.6) is 5.75 Å². The van der Waals surface area contributed by atoms with E-state index in [4.69, 9.17) is 19.3 Å². The van der Waals surface area contributed by atoms with Gasteiger partial charge in [0.15, 0.2) is 11.4 Å². The van der Waals surface area contributed by atoms with Crippen molar-refractivity contribution in [2.45, 2.75) is 38.9 Å². The second-order valence-electron chi connectivity index (χ2n) is 5.49. The maximum Gasteiger partial charge on any atom is 0.514 e. The molecule has 0 aromatic carbocycles. The number of hydrogen-bond acceptors (Lipinski definition) is 5. The van der Waals surface area contributed by atoms with Crippen LogP contribution in [0.3, 0.4) is 0 Å². The summed E-state index contributed by atoms with van der Waals surface area (Å²) < 4.78 is 16.8. The molecule has 6 heteroatoms. The van der Waals surface area contributed by atoms with E-state index >= 15 is 0 Å². The van der Waals surface area contributed by atoms with Crippen molar-refractivity contribution in [3.8, 4) is 11.8 Å². The summed E-state index contributed by atoms with van der Waals surface area (Å²) in [6.45, 7) is 7.90. The first-order valence-corrected chi connectivity index (χ1v) is 6.11. The zero-order valence-corrected chi connectivity index (χ0v) is 11.9. The molecular formula is C13H17BN2O3. The Morgan fingerprint density at radius 1 is 1.21 bits per heavy atom. The van der Waals surface area contributed by atoms with Crippen LogP contribution < -0.4 is 10.3 Å². The number of methoxy groups -OCH3 is 1. The van der Waals surface area contributed by atoms with Gasteiger partial charge in [-0.05, 0) is 39.8 Å². The van der Waals surface area contributed by atoms with Crippen molar-refractivity contribution in [2.24, 2.45) is 0 Å². The number of ether oxygens (including phenoxy) is 1. The third-order valence-corrected chi connectivity index (χ3v) is 3.70. The smallest absolute Gasteiger partial charge is 0.494 e. The number of nitrogens with zero attached hydrogens (tertiary/aromatic N) is 2. The van der Waals surface area contributed by atoms with E-state index in [9.17, 15) is 0 Å². The number of aromatic nitrogens is 1. The van der Waals surface area contributed by atoms with Gasteiger partial charge in [0.25, 0.3) is 0 Å². The van der Waals surface area contributed by atoms with E-state index < -0.39 is 18.3 Å². The topological polar surface area (TPSA) is 64.4 Å². The second kappa shape index (κ2) is 4.51. The lowest BCUT2D eigenvalue weighted by Crippen LogP contribution is -2.41. The van der Waals surface area contributed by atoms with Crippen LogP contribution in [0.1, 0.15) is 33.4 Å². The summed E-state index contributed by atoms with van der Waals surface area (Å²) in [5.41, 5.74) is -0.0382. The molecular weight excluding hydrogens is 243 g/mol. The Kier molecular flexibility index (Phi) is 3.29. The Morgan fingerprint density at radius 2 is 1.79 bits per heavy atom. The second-order valence-corrected chi connectivity index (χ2v) is 5.49. The third kappa shape index (κ3) is 2.31. The molecule has 0 bridgehead atoms. The Balaban J connectivity index is 2.33. The predicted octanol–water partition coefficient (Wildman–Crippen LogP) is 1.26.